The minimum Gasteiger partial charge on any atom is -0.472 e. The summed E-state index contributed by atoms with van der Waals surface area (Å²) in [7, 11) is 0. The quantitative estimate of drug-likeness (QED) is 0.489. The van der Waals surface area contributed by atoms with Gasteiger partial charge >= 0.3 is 6.18 Å². The number of alkyl halides is 3. The molecule has 0 spiro atoms. The SMILES string of the molecule is C=C(C(=O)N1CCC(Oc2cccc(F)n2)C1)C(F)(F)F. The summed E-state index contributed by atoms with van der Waals surface area (Å²) in [4.78, 5) is 16.1. The van der Waals surface area contributed by atoms with Gasteiger partial charge in [-0.1, -0.05) is 12.6 Å². The molecule has 0 aliphatic carbocycles. The van der Waals surface area contributed by atoms with Crippen LogP contribution in [0.25, 0.3) is 0 Å². The lowest BCUT2D eigenvalue weighted by Crippen LogP contribution is -2.35. The van der Waals surface area contributed by atoms with Gasteiger partial charge in [0.15, 0.2) is 0 Å². The van der Waals surface area contributed by atoms with Crippen molar-refractivity contribution in [1.82, 2.24) is 9.88 Å². The number of hydrogen-bond donors (Lipinski definition) is 0. The lowest BCUT2D eigenvalue weighted by atomic mass is 10.2. The molecular weight excluding hydrogens is 292 g/mol. The average molecular weight is 304 g/mol. The molecule has 1 aromatic rings. The number of likely N-dealkylation sites (tertiary alicyclic amines) is 1. The summed E-state index contributed by atoms with van der Waals surface area (Å²) >= 11 is 0. The van der Waals surface area contributed by atoms with Gasteiger partial charge in [-0.05, 0) is 6.07 Å². The Bertz CT molecular complexity index is 559. The Labute approximate surface area is 118 Å². The maximum absolute atomic E-state index is 12.9. The van der Waals surface area contributed by atoms with Crippen LogP contribution in [0.2, 0.25) is 0 Å². The Hall–Kier alpha value is -2.12. The van der Waals surface area contributed by atoms with Crippen LogP contribution in [0, 0.1) is 5.95 Å². The third-order valence-corrected chi connectivity index (χ3v) is 3.01. The third kappa shape index (κ3) is 3.71. The number of pyridine rings is 1. The maximum Gasteiger partial charge on any atom is 0.421 e. The van der Waals surface area contributed by atoms with Crippen molar-refractivity contribution in [3.8, 4) is 5.88 Å². The molecule has 1 saturated heterocycles. The zero-order valence-corrected chi connectivity index (χ0v) is 10.9. The van der Waals surface area contributed by atoms with E-state index in [1.807, 2.05) is 0 Å². The van der Waals surface area contributed by atoms with E-state index in [0.717, 1.165) is 11.0 Å². The molecular formula is C13H12F4N2O2. The zero-order chi connectivity index (χ0) is 15.6. The fourth-order valence-corrected chi connectivity index (χ4v) is 1.95. The number of hydrogen-bond acceptors (Lipinski definition) is 3. The van der Waals surface area contributed by atoms with Crippen LogP contribution in [0.4, 0.5) is 17.6 Å². The first-order valence-electron chi connectivity index (χ1n) is 6.12. The Morgan fingerprint density at radius 1 is 1.43 bits per heavy atom. The molecule has 21 heavy (non-hydrogen) atoms. The first-order valence-corrected chi connectivity index (χ1v) is 6.12. The van der Waals surface area contributed by atoms with Crippen molar-refractivity contribution in [1.29, 1.82) is 0 Å². The number of ether oxygens (including phenoxy) is 1. The number of carbonyl (C=O) groups is 1. The van der Waals surface area contributed by atoms with E-state index in [4.69, 9.17) is 4.74 Å². The smallest absolute Gasteiger partial charge is 0.421 e. The van der Waals surface area contributed by atoms with E-state index in [-0.39, 0.29) is 19.0 Å². The molecule has 1 unspecified atom stereocenters. The molecule has 8 heteroatoms. The highest BCUT2D eigenvalue weighted by atomic mass is 19.4. The van der Waals surface area contributed by atoms with E-state index in [1.165, 1.54) is 12.1 Å². The fraction of sp³-hybridized carbons (Fsp3) is 0.385. The van der Waals surface area contributed by atoms with Crippen LogP contribution in [-0.4, -0.2) is 41.2 Å². The van der Waals surface area contributed by atoms with Crippen molar-refractivity contribution in [2.75, 3.05) is 13.1 Å². The van der Waals surface area contributed by atoms with Gasteiger partial charge < -0.3 is 9.64 Å². The molecule has 4 nitrogen and oxygen atoms in total. The highest BCUT2D eigenvalue weighted by Gasteiger charge is 2.40. The van der Waals surface area contributed by atoms with Gasteiger partial charge in [-0.25, -0.2) is 0 Å². The highest BCUT2D eigenvalue weighted by Crippen LogP contribution is 2.27. The number of rotatable bonds is 3. The predicted octanol–water partition coefficient (Wildman–Crippen LogP) is 2.32. The minimum atomic E-state index is -4.75. The first kappa shape index (κ1) is 15.3. The Morgan fingerprint density at radius 2 is 2.14 bits per heavy atom. The van der Waals surface area contributed by atoms with Crippen LogP contribution >= 0.6 is 0 Å². The highest BCUT2D eigenvalue weighted by molar-refractivity contribution is 5.94. The van der Waals surface area contributed by atoms with E-state index >= 15 is 0 Å². The lowest BCUT2D eigenvalue weighted by molar-refractivity contribution is -0.138. The van der Waals surface area contributed by atoms with Crippen LogP contribution in [0.5, 0.6) is 5.88 Å². The fourth-order valence-electron chi connectivity index (χ4n) is 1.95. The molecule has 0 radical (unpaired) electrons. The molecule has 1 atom stereocenters. The summed E-state index contributed by atoms with van der Waals surface area (Å²) in [5.74, 6) is -1.85. The number of aromatic nitrogens is 1. The third-order valence-electron chi connectivity index (χ3n) is 3.01. The van der Waals surface area contributed by atoms with Crippen LogP contribution in [0.1, 0.15) is 6.42 Å². The Morgan fingerprint density at radius 3 is 2.76 bits per heavy atom. The van der Waals surface area contributed by atoms with Gasteiger partial charge in [0.05, 0.1) is 6.54 Å². The van der Waals surface area contributed by atoms with Crippen LogP contribution in [-0.2, 0) is 4.79 Å². The topological polar surface area (TPSA) is 42.4 Å². The molecule has 2 rings (SSSR count). The monoisotopic (exact) mass is 304 g/mol. The molecule has 114 valence electrons. The van der Waals surface area contributed by atoms with E-state index in [2.05, 4.69) is 11.6 Å². The molecule has 0 N–H and O–H groups in total. The normalized spacial score (nSPS) is 18.7. The van der Waals surface area contributed by atoms with Crippen molar-refractivity contribution in [3.05, 3.63) is 36.3 Å². The first-order chi connectivity index (χ1) is 9.77. The molecule has 1 amide bonds. The predicted molar refractivity (Wildman–Crippen MR) is 65.0 cm³/mol. The van der Waals surface area contributed by atoms with Crippen molar-refractivity contribution >= 4 is 5.91 Å². The number of carbonyl (C=O) groups excluding carboxylic acids is 1. The van der Waals surface area contributed by atoms with Gasteiger partial charge in [-0.3, -0.25) is 4.79 Å². The molecule has 0 aromatic carbocycles. The second-order valence-corrected chi connectivity index (χ2v) is 4.55. The second kappa shape index (κ2) is 5.71. The average Bonchev–Trinajstić information content (AvgIpc) is 2.84. The summed E-state index contributed by atoms with van der Waals surface area (Å²) in [5.41, 5.74) is -1.41. The van der Waals surface area contributed by atoms with Crippen molar-refractivity contribution in [2.45, 2.75) is 18.7 Å². The number of halogens is 4. The molecule has 1 aliphatic rings. The van der Waals surface area contributed by atoms with Gasteiger partial charge in [0, 0.05) is 19.0 Å². The van der Waals surface area contributed by atoms with E-state index in [0.29, 0.717) is 6.42 Å². The summed E-state index contributed by atoms with van der Waals surface area (Å²) in [6.07, 6.45) is -4.93. The van der Waals surface area contributed by atoms with Crippen molar-refractivity contribution < 1.29 is 27.1 Å². The lowest BCUT2D eigenvalue weighted by Gasteiger charge is -2.19. The number of amides is 1. The largest absolute Gasteiger partial charge is 0.472 e. The molecule has 1 fully saturated rings. The Balaban J connectivity index is 1.95. The molecule has 0 bridgehead atoms. The maximum atomic E-state index is 12.9. The number of nitrogens with zero attached hydrogens (tertiary/aromatic N) is 2. The van der Waals surface area contributed by atoms with Gasteiger partial charge in [-0.2, -0.15) is 22.5 Å². The van der Waals surface area contributed by atoms with Crippen molar-refractivity contribution in [3.63, 3.8) is 0 Å². The van der Waals surface area contributed by atoms with Crippen LogP contribution in [0.3, 0.4) is 0 Å². The molecule has 1 aliphatic heterocycles. The molecule has 1 aromatic heterocycles. The standard InChI is InChI=1S/C13H12F4N2O2/c1-8(13(15,16)17)12(20)19-6-5-9(7-19)21-11-4-2-3-10(14)18-11/h2-4,9H,1,5-7H2. The van der Waals surface area contributed by atoms with Crippen LogP contribution < -0.4 is 4.74 Å². The summed E-state index contributed by atoms with van der Waals surface area (Å²) in [6, 6.07) is 3.98. The van der Waals surface area contributed by atoms with Gasteiger partial charge in [0.2, 0.25) is 11.8 Å². The minimum absolute atomic E-state index is 0.0217. The van der Waals surface area contributed by atoms with E-state index in [9.17, 15) is 22.4 Å². The summed E-state index contributed by atoms with van der Waals surface area (Å²) in [5, 5.41) is 0. The summed E-state index contributed by atoms with van der Waals surface area (Å²) in [6.45, 7) is 2.87. The van der Waals surface area contributed by atoms with E-state index < -0.39 is 29.7 Å². The van der Waals surface area contributed by atoms with Gasteiger partial charge in [-0.15, -0.1) is 0 Å². The van der Waals surface area contributed by atoms with Crippen molar-refractivity contribution in [2.24, 2.45) is 0 Å². The molecule has 2 heterocycles. The second-order valence-electron chi connectivity index (χ2n) is 4.55. The van der Waals surface area contributed by atoms with Gasteiger partial charge in [0.25, 0.3) is 5.91 Å². The van der Waals surface area contributed by atoms with E-state index in [1.54, 1.807) is 0 Å². The van der Waals surface area contributed by atoms with Gasteiger partial charge in [0.1, 0.15) is 11.7 Å². The summed E-state index contributed by atoms with van der Waals surface area (Å²) < 4.78 is 55.5. The zero-order valence-electron chi connectivity index (χ0n) is 10.9. The Kier molecular flexibility index (Phi) is 4.15. The van der Waals surface area contributed by atoms with Crippen LogP contribution in [0.15, 0.2) is 30.4 Å². The molecule has 0 saturated carbocycles.